The van der Waals surface area contributed by atoms with Gasteiger partial charge in [-0.25, -0.2) is 0 Å². The third-order valence-electron chi connectivity index (χ3n) is 3.18. The first kappa shape index (κ1) is 4.73. The maximum absolute atomic E-state index is 5.31. The molecule has 0 spiro atoms. The van der Waals surface area contributed by atoms with Crippen molar-refractivity contribution in [3.8, 4) is 0 Å². The van der Waals surface area contributed by atoms with Gasteiger partial charge in [-0.1, -0.05) is 0 Å². The average Bonchev–Trinajstić information content (AvgIpc) is 2.71. The molecule has 2 saturated carbocycles. The van der Waals surface area contributed by atoms with Crippen LogP contribution in [-0.2, 0) is 4.74 Å². The fourth-order valence-corrected chi connectivity index (χ4v) is 2.46. The topological polar surface area (TPSA) is 9.23 Å². The van der Waals surface area contributed by atoms with Crippen LogP contribution in [-0.4, -0.2) is 13.2 Å². The molecule has 2 unspecified atom stereocenters. The molecular weight excluding hydrogens is 112 g/mol. The van der Waals surface area contributed by atoms with E-state index in [2.05, 4.69) is 0 Å². The molecule has 1 heteroatoms. The third kappa shape index (κ3) is 0.536. The monoisotopic (exact) mass is 124 g/mol. The second-order valence-corrected chi connectivity index (χ2v) is 3.78. The van der Waals surface area contributed by atoms with E-state index in [0.717, 1.165) is 36.9 Å². The fraction of sp³-hybridized carbons (Fsp3) is 1.00. The van der Waals surface area contributed by atoms with E-state index >= 15 is 0 Å². The zero-order valence-corrected chi connectivity index (χ0v) is 5.55. The lowest BCUT2D eigenvalue weighted by atomic mass is 10.2. The molecule has 3 aliphatic rings. The van der Waals surface area contributed by atoms with Crippen LogP contribution in [0.5, 0.6) is 0 Å². The van der Waals surface area contributed by atoms with Crippen molar-refractivity contribution >= 4 is 0 Å². The molecule has 1 nitrogen and oxygen atoms in total. The van der Waals surface area contributed by atoms with E-state index in [0.29, 0.717) is 0 Å². The van der Waals surface area contributed by atoms with Crippen LogP contribution in [0.15, 0.2) is 0 Å². The summed E-state index contributed by atoms with van der Waals surface area (Å²) in [6, 6.07) is 0. The van der Waals surface area contributed by atoms with Gasteiger partial charge in [0, 0.05) is 0 Å². The van der Waals surface area contributed by atoms with Crippen molar-refractivity contribution in [3.63, 3.8) is 0 Å². The quantitative estimate of drug-likeness (QED) is 0.511. The predicted octanol–water partition coefficient (Wildman–Crippen LogP) is 1.29. The van der Waals surface area contributed by atoms with Crippen molar-refractivity contribution in [2.75, 3.05) is 13.2 Å². The zero-order chi connectivity index (χ0) is 5.84. The molecule has 0 aromatic carbocycles. The lowest BCUT2D eigenvalue weighted by molar-refractivity contribution is 0.147. The summed E-state index contributed by atoms with van der Waals surface area (Å²) in [5.74, 6) is 4.29. The Morgan fingerprint density at radius 1 is 1.00 bits per heavy atom. The molecule has 0 aromatic heterocycles. The van der Waals surface area contributed by atoms with Crippen LogP contribution in [0.1, 0.15) is 12.8 Å². The Bertz CT molecular complexity index is 130. The van der Waals surface area contributed by atoms with E-state index in [-0.39, 0.29) is 0 Å². The summed E-state index contributed by atoms with van der Waals surface area (Å²) in [4.78, 5) is 0. The van der Waals surface area contributed by atoms with Gasteiger partial charge in [-0.3, -0.25) is 0 Å². The normalized spacial score (nSPS) is 55.3. The van der Waals surface area contributed by atoms with Gasteiger partial charge in [-0.15, -0.1) is 0 Å². The summed E-state index contributed by atoms with van der Waals surface area (Å²) in [6.07, 6.45) is 3.05. The Morgan fingerprint density at radius 3 is 2.22 bits per heavy atom. The molecule has 2 aliphatic carbocycles. The summed E-state index contributed by atoms with van der Waals surface area (Å²) in [5, 5.41) is 0. The van der Waals surface area contributed by atoms with Crippen molar-refractivity contribution in [3.05, 3.63) is 0 Å². The average molecular weight is 124 g/mol. The van der Waals surface area contributed by atoms with Crippen molar-refractivity contribution in [1.82, 2.24) is 0 Å². The van der Waals surface area contributed by atoms with E-state index in [1.807, 2.05) is 0 Å². The first-order valence-electron chi connectivity index (χ1n) is 4.04. The fourth-order valence-electron chi connectivity index (χ4n) is 2.46. The maximum Gasteiger partial charge on any atom is 0.0500 e. The minimum atomic E-state index is 1.01. The highest BCUT2D eigenvalue weighted by molar-refractivity contribution is 5.06. The second-order valence-electron chi connectivity index (χ2n) is 3.78. The molecule has 0 N–H and O–H groups in total. The summed E-state index contributed by atoms with van der Waals surface area (Å²) in [5.41, 5.74) is 0. The number of hydrogen-bond donors (Lipinski definition) is 0. The van der Waals surface area contributed by atoms with Crippen molar-refractivity contribution in [2.45, 2.75) is 12.8 Å². The van der Waals surface area contributed by atoms with Crippen molar-refractivity contribution < 1.29 is 4.74 Å². The van der Waals surface area contributed by atoms with E-state index < -0.39 is 0 Å². The number of hydrogen-bond acceptors (Lipinski definition) is 1. The molecule has 0 radical (unpaired) electrons. The van der Waals surface area contributed by atoms with Gasteiger partial charge in [-0.05, 0) is 36.5 Å². The molecule has 1 aliphatic heterocycles. The van der Waals surface area contributed by atoms with Crippen LogP contribution in [0.2, 0.25) is 0 Å². The standard InChI is InChI=1S/C8H12O/c1-2-5(1)8-6-3-9-4-7(6)8/h5-8H,1-4H2. The zero-order valence-electron chi connectivity index (χ0n) is 5.55. The Balaban J connectivity index is 1.73. The van der Waals surface area contributed by atoms with E-state index in [4.69, 9.17) is 4.74 Å². The number of ether oxygens (including phenoxy) is 1. The molecule has 50 valence electrons. The summed E-state index contributed by atoms with van der Waals surface area (Å²) in [7, 11) is 0. The van der Waals surface area contributed by atoms with Gasteiger partial charge in [0.05, 0.1) is 13.2 Å². The lowest BCUT2D eigenvalue weighted by Crippen LogP contribution is -1.98. The van der Waals surface area contributed by atoms with Crippen LogP contribution >= 0.6 is 0 Å². The molecule has 2 atom stereocenters. The third-order valence-corrected chi connectivity index (χ3v) is 3.18. The van der Waals surface area contributed by atoms with Crippen molar-refractivity contribution in [2.24, 2.45) is 23.7 Å². The molecule has 1 saturated heterocycles. The van der Waals surface area contributed by atoms with Crippen LogP contribution in [0.3, 0.4) is 0 Å². The summed E-state index contributed by atoms with van der Waals surface area (Å²) >= 11 is 0. The summed E-state index contributed by atoms with van der Waals surface area (Å²) < 4.78 is 5.31. The molecule has 3 fully saturated rings. The highest BCUT2D eigenvalue weighted by Gasteiger charge is 2.59. The smallest absolute Gasteiger partial charge is 0.0500 e. The number of rotatable bonds is 1. The second kappa shape index (κ2) is 1.34. The Morgan fingerprint density at radius 2 is 1.67 bits per heavy atom. The lowest BCUT2D eigenvalue weighted by Gasteiger charge is -1.99. The largest absolute Gasteiger partial charge is 0.381 e. The van der Waals surface area contributed by atoms with Gasteiger partial charge >= 0.3 is 0 Å². The molecule has 9 heavy (non-hydrogen) atoms. The summed E-state index contributed by atoms with van der Waals surface area (Å²) in [6.45, 7) is 2.18. The molecular formula is C8H12O. The Kier molecular flexibility index (Phi) is 0.704. The predicted molar refractivity (Wildman–Crippen MR) is 34.0 cm³/mol. The highest BCUT2D eigenvalue weighted by Crippen LogP contribution is 2.61. The van der Waals surface area contributed by atoms with Gasteiger partial charge in [0.2, 0.25) is 0 Å². The molecule has 0 bridgehead atoms. The molecule has 1 heterocycles. The van der Waals surface area contributed by atoms with E-state index in [9.17, 15) is 0 Å². The van der Waals surface area contributed by atoms with Crippen LogP contribution in [0, 0.1) is 23.7 Å². The molecule has 3 rings (SSSR count). The van der Waals surface area contributed by atoms with Gasteiger partial charge in [0.1, 0.15) is 0 Å². The number of fused-ring (bicyclic) bond motifs is 1. The SMILES string of the molecule is C1CC1C1C2COCC21. The van der Waals surface area contributed by atoms with E-state index in [1.165, 1.54) is 12.8 Å². The van der Waals surface area contributed by atoms with Gasteiger partial charge in [0.25, 0.3) is 0 Å². The Hall–Kier alpha value is -0.0400. The van der Waals surface area contributed by atoms with Gasteiger partial charge in [0.15, 0.2) is 0 Å². The van der Waals surface area contributed by atoms with Crippen LogP contribution < -0.4 is 0 Å². The maximum atomic E-state index is 5.31. The minimum Gasteiger partial charge on any atom is -0.381 e. The van der Waals surface area contributed by atoms with E-state index in [1.54, 1.807) is 0 Å². The Labute approximate surface area is 55.4 Å². The first-order chi connectivity index (χ1) is 4.47. The first-order valence-corrected chi connectivity index (χ1v) is 4.04. The van der Waals surface area contributed by atoms with Crippen LogP contribution in [0.4, 0.5) is 0 Å². The highest BCUT2D eigenvalue weighted by atomic mass is 16.5. The van der Waals surface area contributed by atoms with Crippen molar-refractivity contribution in [1.29, 1.82) is 0 Å². The van der Waals surface area contributed by atoms with Gasteiger partial charge in [-0.2, -0.15) is 0 Å². The molecule has 0 amide bonds. The van der Waals surface area contributed by atoms with Gasteiger partial charge < -0.3 is 4.74 Å². The molecule has 0 aromatic rings. The van der Waals surface area contributed by atoms with Crippen LogP contribution in [0.25, 0.3) is 0 Å². The minimum absolute atomic E-state index is 1.01.